The van der Waals surface area contributed by atoms with E-state index in [1.54, 1.807) is 23.7 Å². The maximum absolute atomic E-state index is 13.2. The first-order valence-electron chi connectivity index (χ1n) is 7.69. The van der Waals surface area contributed by atoms with E-state index in [0.29, 0.717) is 11.3 Å². The number of carboxylic acid groups (broad SMARTS) is 1. The zero-order chi connectivity index (χ0) is 19.6. The van der Waals surface area contributed by atoms with Crippen LogP contribution in [0.2, 0.25) is 5.02 Å². The number of aromatic carboxylic acids is 1. The average molecular weight is 390 g/mol. The summed E-state index contributed by atoms with van der Waals surface area (Å²) in [5.41, 5.74) is 0.593. The molecule has 2 heterocycles. The number of hydrogen-bond donors (Lipinski definition) is 2. The van der Waals surface area contributed by atoms with Crippen molar-refractivity contribution in [3.63, 3.8) is 0 Å². The summed E-state index contributed by atoms with van der Waals surface area (Å²) in [5.74, 6) is -2.34. The fourth-order valence-corrected chi connectivity index (χ4v) is 2.61. The Morgan fingerprint density at radius 3 is 2.59 bits per heavy atom. The highest BCUT2D eigenvalue weighted by Gasteiger charge is 2.20. The summed E-state index contributed by atoms with van der Waals surface area (Å²) < 4.78 is 14.7. The van der Waals surface area contributed by atoms with E-state index < -0.39 is 23.4 Å². The summed E-state index contributed by atoms with van der Waals surface area (Å²) in [4.78, 5) is 30.9. The number of halogens is 2. The van der Waals surface area contributed by atoms with Crippen molar-refractivity contribution in [2.45, 2.75) is 13.5 Å². The number of rotatable bonds is 5. The van der Waals surface area contributed by atoms with E-state index in [0.717, 1.165) is 0 Å². The highest BCUT2D eigenvalue weighted by Crippen LogP contribution is 2.20. The largest absolute Gasteiger partial charge is 0.476 e. The van der Waals surface area contributed by atoms with Gasteiger partial charge in [-0.1, -0.05) is 17.7 Å². The predicted molar refractivity (Wildman–Crippen MR) is 94.4 cm³/mol. The molecule has 2 aromatic heterocycles. The van der Waals surface area contributed by atoms with Crippen molar-refractivity contribution in [1.82, 2.24) is 19.7 Å². The number of carboxylic acids is 1. The highest BCUT2D eigenvalue weighted by atomic mass is 35.5. The van der Waals surface area contributed by atoms with Gasteiger partial charge in [-0.3, -0.25) is 9.48 Å². The first-order valence-corrected chi connectivity index (χ1v) is 8.07. The van der Waals surface area contributed by atoms with E-state index >= 15 is 0 Å². The summed E-state index contributed by atoms with van der Waals surface area (Å²) in [6, 6.07) is 5.66. The van der Waals surface area contributed by atoms with Crippen LogP contribution in [0.3, 0.4) is 0 Å². The van der Waals surface area contributed by atoms with E-state index in [1.807, 2.05) is 0 Å². The maximum atomic E-state index is 13.2. The van der Waals surface area contributed by atoms with Crippen LogP contribution in [-0.4, -0.2) is 36.7 Å². The van der Waals surface area contributed by atoms with E-state index in [9.17, 15) is 14.0 Å². The maximum Gasteiger partial charge on any atom is 0.356 e. The molecule has 0 unspecified atom stereocenters. The lowest BCUT2D eigenvalue weighted by molar-refractivity contribution is 0.0685. The van der Waals surface area contributed by atoms with Gasteiger partial charge < -0.3 is 10.4 Å². The molecule has 0 aliphatic carbocycles. The SMILES string of the molecule is Cc1cc(NC(=O)c2nccnc2C(=O)O)nn1Cc1ccc(F)cc1Cl. The van der Waals surface area contributed by atoms with Crippen LogP contribution in [0.25, 0.3) is 0 Å². The van der Waals surface area contributed by atoms with Gasteiger partial charge in [0, 0.05) is 29.2 Å². The van der Waals surface area contributed by atoms with Crippen molar-refractivity contribution < 1.29 is 19.1 Å². The van der Waals surface area contributed by atoms with Gasteiger partial charge in [-0.05, 0) is 24.6 Å². The highest BCUT2D eigenvalue weighted by molar-refractivity contribution is 6.31. The number of benzene rings is 1. The number of anilines is 1. The fraction of sp³-hybridized carbons (Fsp3) is 0.118. The molecule has 0 bridgehead atoms. The molecule has 2 N–H and O–H groups in total. The number of amides is 1. The summed E-state index contributed by atoms with van der Waals surface area (Å²) >= 11 is 6.03. The average Bonchev–Trinajstić information content (AvgIpc) is 2.96. The lowest BCUT2D eigenvalue weighted by Gasteiger charge is -2.07. The molecule has 0 atom stereocenters. The Morgan fingerprint density at radius 2 is 1.93 bits per heavy atom. The molecule has 0 spiro atoms. The molecular weight excluding hydrogens is 377 g/mol. The summed E-state index contributed by atoms with van der Waals surface area (Å²) in [6.07, 6.45) is 2.41. The van der Waals surface area contributed by atoms with Crippen molar-refractivity contribution in [2.24, 2.45) is 0 Å². The Kier molecular flexibility index (Phi) is 5.13. The van der Waals surface area contributed by atoms with E-state index in [-0.39, 0.29) is 23.1 Å². The number of nitrogens with zero attached hydrogens (tertiary/aromatic N) is 4. The zero-order valence-corrected chi connectivity index (χ0v) is 14.7. The van der Waals surface area contributed by atoms with Crippen molar-refractivity contribution in [1.29, 1.82) is 0 Å². The second kappa shape index (κ2) is 7.50. The Morgan fingerprint density at radius 1 is 1.22 bits per heavy atom. The number of aryl methyl sites for hydroxylation is 1. The Balaban J connectivity index is 1.81. The molecule has 0 saturated carbocycles. The van der Waals surface area contributed by atoms with Gasteiger partial charge in [0.1, 0.15) is 5.82 Å². The standard InChI is InChI=1S/C17H13ClFN5O3/c1-9-6-13(22-16(25)14-15(17(26)27)21-5-4-20-14)23-24(9)8-10-2-3-11(19)7-12(10)18/h2-7H,8H2,1H3,(H,26,27)(H,22,23,25). The lowest BCUT2D eigenvalue weighted by Crippen LogP contribution is -2.19. The number of carbonyl (C=O) groups is 2. The van der Waals surface area contributed by atoms with E-state index in [2.05, 4.69) is 20.4 Å². The van der Waals surface area contributed by atoms with E-state index in [1.165, 1.54) is 24.5 Å². The molecule has 1 aromatic carbocycles. The van der Waals surface area contributed by atoms with Crippen molar-refractivity contribution in [3.05, 3.63) is 70.1 Å². The topological polar surface area (TPSA) is 110 Å². The van der Waals surface area contributed by atoms with Crippen LogP contribution in [0.5, 0.6) is 0 Å². The number of nitrogens with one attached hydrogen (secondary N) is 1. The van der Waals surface area contributed by atoms with Gasteiger partial charge in [0.2, 0.25) is 0 Å². The summed E-state index contributed by atoms with van der Waals surface area (Å²) in [7, 11) is 0. The number of carbonyl (C=O) groups excluding carboxylic acids is 1. The molecule has 0 aliphatic rings. The first kappa shape index (κ1) is 18.5. The molecule has 138 valence electrons. The first-order chi connectivity index (χ1) is 12.8. The minimum Gasteiger partial charge on any atom is -0.476 e. The third kappa shape index (κ3) is 4.09. The predicted octanol–water partition coefficient (Wildman–Crippen LogP) is 2.77. The quantitative estimate of drug-likeness (QED) is 0.694. The zero-order valence-electron chi connectivity index (χ0n) is 14.0. The molecule has 0 aliphatic heterocycles. The van der Waals surface area contributed by atoms with Gasteiger partial charge >= 0.3 is 5.97 Å². The fourth-order valence-electron chi connectivity index (χ4n) is 2.38. The van der Waals surface area contributed by atoms with Gasteiger partial charge in [0.25, 0.3) is 5.91 Å². The summed E-state index contributed by atoms with van der Waals surface area (Å²) in [6.45, 7) is 2.04. The van der Waals surface area contributed by atoms with Gasteiger partial charge in [-0.15, -0.1) is 0 Å². The Hall–Kier alpha value is -3.33. The molecule has 8 nitrogen and oxygen atoms in total. The molecular formula is C17H13ClFN5O3. The lowest BCUT2D eigenvalue weighted by atomic mass is 10.2. The van der Waals surface area contributed by atoms with Crippen LogP contribution in [-0.2, 0) is 6.54 Å². The molecule has 27 heavy (non-hydrogen) atoms. The van der Waals surface area contributed by atoms with Crippen LogP contribution < -0.4 is 5.32 Å². The minimum atomic E-state index is -1.36. The van der Waals surface area contributed by atoms with Crippen molar-refractivity contribution in [2.75, 3.05) is 5.32 Å². The molecule has 0 saturated heterocycles. The van der Waals surface area contributed by atoms with Crippen LogP contribution in [0.15, 0.2) is 36.7 Å². The van der Waals surface area contributed by atoms with Crippen molar-refractivity contribution >= 4 is 29.3 Å². The van der Waals surface area contributed by atoms with Crippen molar-refractivity contribution in [3.8, 4) is 0 Å². The normalized spacial score (nSPS) is 10.6. The monoisotopic (exact) mass is 389 g/mol. The Labute approximate surface area is 157 Å². The molecule has 1 amide bonds. The Bertz CT molecular complexity index is 1040. The molecule has 3 aromatic rings. The van der Waals surface area contributed by atoms with Gasteiger partial charge in [-0.2, -0.15) is 5.10 Å². The van der Waals surface area contributed by atoms with E-state index in [4.69, 9.17) is 16.7 Å². The second-order valence-electron chi connectivity index (χ2n) is 5.58. The minimum absolute atomic E-state index is 0.206. The second-order valence-corrected chi connectivity index (χ2v) is 5.98. The molecule has 0 fully saturated rings. The van der Waals surface area contributed by atoms with Crippen LogP contribution in [0, 0.1) is 12.7 Å². The van der Waals surface area contributed by atoms with Crippen LogP contribution in [0.1, 0.15) is 32.2 Å². The number of hydrogen-bond acceptors (Lipinski definition) is 5. The van der Waals surface area contributed by atoms with Gasteiger partial charge in [0.05, 0.1) is 6.54 Å². The van der Waals surface area contributed by atoms with Crippen LogP contribution >= 0.6 is 11.6 Å². The van der Waals surface area contributed by atoms with Crippen LogP contribution in [0.4, 0.5) is 10.2 Å². The third-order valence-electron chi connectivity index (χ3n) is 3.67. The van der Waals surface area contributed by atoms with Gasteiger partial charge in [-0.25, -0.2) is 19.2 Å². The molecule has 0 radical (unpaired) electrons. The summed E-state index contributed by atoms with van der Waals surface area (Å²) in [5, 5.41) is 16.1. The number of aromatic nitrogens is 4. The smallest absolute Gasteiger partial charge is 0.356 e. The molecule has 10 heteroatoms. The van der Waals surface area contributed by atoms with Gasteiger partial charge in [0.15, 0.2) is 17.2 Å². The third-order valence-corrected chi connectivity index (χ3v) is 4.03. The molecule has 3 rings (SSSR count).